The van der Waals surface area contributed by atoms with Gasteiger partial charge in [0, 0.05) is 11.6 Å². The lowest BCUT2D eigenvalue weighted by atomic mass is 9.48. The third kappa shape index (κ3) is 2.45. The van der Waals surface area contributed by atoms with E-state index in [1.165, 1.54) is 38.5 Å². The van der Waals surface area contributed by atoms with Crippen molar-refractivity contribution in [2.45, 2.75) is 51.5 Å². The fourth-order valence-corrected chi connectivity index (χ4v) is 6.28. The molecule has 130 valence electrons. The minimum Gasteiger partial charge on any atom is -0.348 e. The van der Waals surface area contributed by atoms with Crippen LogP contribution in [-0.2, 0) is 0 Å². The van der Waals surface area contributed by atoms with Gasteiger partial charge in [-0.3, -0.25) is 4.79 Å². The fourth-order valence-electron chi connectivity index (χ4n) is 6.28. The van der Waals surface area contributed by atoms with Crippen molar-refractivity contribution in [2.24, 2.45) is 23.2 Å². The van der Waals surface area contributed by atoms with Crippen LogP contribution in [-0.4, -0.2) is 22.1 Å². The first-order valence-electron chi connectivity index (χ1n) is 9.65. The Morgan fingerprint density at radius 3 is 2.36 bits per heavy atom. The second-order valence-corrected chi connectivity index (χ2v) is 8.73. The maximum absolute atomic E-state index is 12.9. The second kappa shape index (κ2) is 5.52. The Bertz CT molecular complexity index is 751. The van der Waals surface area contributed by atoms with E-state index < -0.39 is 0 Å². The highest BCUT2D eigenvalue weighted by Crippen LogP contribution is 2.61. The molecule has 0 saturated heterocycles. The van der Waals surface area contributed by atoms with E-state index in [1.54, 1.807) is 0 Å². The number of carbonyl (C=O) groups is 1. The number of hydrogen-bond acceptors (Lipinski definition) is 3. The summed E-state index contributed by atoms with van der Waals surface area (Å²) in [7, 11) is 0. The molecule has 6 rings (SSSR count). The molecule has 4 heteroatoms. The summed E-state index contributed by atoms with van der Waals surface area (Å²) >= 11 is 0. The zero-order valence-electron chi connectivity index (χ0n) is 14.7. The zero-order valence-corrected chi connectivity index (χ0v) is 14.7. The summed E-state index contributed by atoms with van der Waals surface area (Å²) in [6, 6.07) is 9.85. The minimum absolute atomic E-state index is 0.0723. The molecule has 4 bridgehead atoms. The first kappa shape index (κ1) is 15.3. The van der Waals surface area contributed by atoms with Crippen LogP contribution in [0.25, 0.3) is 11.3 Å². The number of carbonyl (C=O) groups excluding carboxylic acids is 1. The molecule has 0 spiro atoms. The van der Waals surface area contributed by atoms with E-state index in [1.807, 2.05) is 30.3 Å². The van der Waals surface area contributed by atoms with Crippen LogP contribution in [0.2, 0.25) is 0 Å². The average molecular weight is 335 g/mol. The Hall–Kier alpha value is -1.97. The standard InChI is InChI=1S/C21H25N3O/c1-13(21-10-14-7-15(11-21)9-16(8-14)12-21)22-20(25)19-17-5-3-2-4-6-18(17)23-24-19/h2-6,13-16H,7-12H2,1H3,(H,22,25). The Kier molecular flexibility index (Phi) is 3.37. The molecule has 4 nitrogen and oxygen atoms in total. The van der Waals surface area contributed by atoms with Crippen LogP contribution in [0.5, 0.6) is 0 Å². The van der Waals surface area contributed by atoms with Gasteiger partial charge in [-0.15, -0.1) is 10.2 Å². The molecule has 0 aromatic heterocycles. The number of nitrogens with zero attached hydrogens (tertiary/aromatic N) is 2. The number of nitrogens with one attached hydrogen (secondary N) is 1. The number of hydrogen-bond donors (Lipinski definition) is 1. The maximum Gasteiger partial charge on any atom is 0.272 e. The van der Waals surface area contributed by atoms with E-state index in [-0.39, 0.29) is 11.9 Å². The summed E-state index contributed by atoms with van der Waals surface area (Å²) in [5.74, 6) is 2.61. The predicted molar refractivity (Wildman–Crippen MR) is 96.2 cm³/mol. The summed E-state index contributed by atoms with van der Waals surface area (Å²) < 4.78 is 0. The van der Waals surface area contributed by atoms with Gasteiger partial charge in [-0.2, -0.15) is 0 Å². The molecule has 0 radical (unpaired) electrons. The van der Waals surface area contributed by atoms with Crippen molar-refractivity contribution in [1.82, 2.24) is 15.5 Å². The first-order valence-corrected chi connectivity index (χ1v) is 9.65. The van der Waals surface area contributed by atoms with Gasteiger partial charge >= 0.3 is 0 Å². The maximum atomic E-state index is 12.9. The molecule has 1 unspecified atom stereocenters. The highest BCUT2D eigenvalue weighted by atomic mass is 16.2. The van der Waals surface area contributed by atoms with Gasteiger partial charge in [-0.05, 0) is 74.7 Å². The summed E-state index contributed by atoms with van der Waals surface area (Å²) in [6.45, 7) is 2.21. The highest BCUT2D eigenvalue weighted by molar-refractivity contribution is 5.99. The highest BCUT2D eigenvalue weighted by Gasteiger charge is 2.53. The smallest absolute Gasteiger partial charge is 0.272 e. The van der Waals surface area contributed by atoms with Crippen molar-refractivity contribution in [3.05, 3.63) is 36.0 Å². The molecule has 1 atom stereocenters. The topological polar surface area (TPSA) is 54.9 Å². The second-order valence-electron chi connectivity index (χ2n) is 8.73. The van der Waals surface area contributed by atoms with E-state index in [0.717, 1.165) is 29.0 Å². The molecule has 1 N–H and O–H groups in total. The van der Waals surface area contributed by atoms with Gasteiger partial charge in [0.2, 0.25) is 0 Å². The third-order valence-corrected chi connectivity index (χ3v) is 7.09. The lowest BCUT2D eigenvalue weighted by Crippen LogP contribution is -2.55. The number of aromatic nitrogens is 2. The molecule has 6 aliphatic rings. The number of rotatable bonds is 3. The Balaban J connectivity index is 1.38. The lowest BCUT2D eigenvalue weighted by Gasteiger charge is -2.59. The van der Waals surface area contributed by atoms with Gasteiger partial charge in [0.1, 0.15) is 0 Å². The molecule has 0 aromatic rings. The van der Waals surface area contributed by atoms with E-state index in [2.05, 4.69) is 22.4 Å². The van der Waals surface area contributed by atoms with Crippen LogP contribution in [0, 0.1) is 23.2 Å². The van der Waals surface area contributed by atoms with E-state index in [0.29, 0.717) is 11.1 Å². The zero-order chi connectivity index (χ0) is 17.0. The number of amides is 1. The van der Waals surface area contributed by atoms with Crippen molar-refractivity contribution in [3.8, 4) is 11.3 Å². The third-order valence-electron chi connectivity index (χ3n) is 7.09. The summed E-state index contributed by atoms with van der Waals surface area (Å²) in [5, 5.41) is 11.6. The summed E-state index contributed by atoms with van der Waals surface area (Å²) in [5.41, 5.74) is 2.38. The predicted octanol–water partition coefficient (Wildman–Crippen LogP) is 3.92. The normalized spacial score (nSPS) is 34.2. The number of fused-ring (bicyclic) bond motifs is 1. The van der Waals surface area contributed by atoms with Crippen LogP contribution in [0.4, 0.5) is 0 Å². The van der Waals surface area contributed by atoms with Crippen LogP contribution < -0.4 is 5.32 Å². The van der Waals surface area contributed by atoms with Crippen molar-refractivity contribution in [3.63, 3.8) is 0 Å². The molecular formula is C21H25N3O. The molecule has 1 heterocycles. The molecule has 5 aliphatic carbocycles. The van der Waals surface area contributed by atoms with Crippen LogP contribution in [0.1, 0.15) is 55.9 Å². The molecule has 4 fully saturated rings. The molecular weight excluding hydrogens is 310 g/mol. The molecule has 0 aromatic carbocycles. The van der Waals surface area contributed by atoms with E-state index >= 15 is 0 Å². The van der Waals surface area contributed by atoms with Crippen molar-refractivity contribution >= 4 is 5.91 Å². The average Bonchev–Trinajstić information content (AvgIpc) is 2.82. The van der Waals surface area contributed by atoms with Crippen molar-refractivity contribution in [2.75, 3.05) is 0 Å². The fraction of sp³-hybridized carbons (Fsp3) is 0.571. The monoisotopic (exact) mass is 335 g/mol. The van der Waals surface area contributed by atoms with Crippen LogP contribution >= 0.6 is 0 Å². The first-order chi connectivity index (χ1) is 12.1. The van der Waals surface area contributed by atoms with Gasteiger partial charge < -0.3 is 5.32 Å². The summed E-state index contributed by atoms with van der Waals surface area (Å²) in [6.07, 6.45) is 8.16. The van der Waals surface area contributed by atoms with Crippen molar-refractivity contribution in [1.29, 1.82) is 0 Å². The molecule has 1 aliphatic heterocycles. The largest absolute Gasteiger partial charge is 0.348 e. The lowest BCUT2D eigenvalue weighted by molar-refractivity contribution is -0.0688. The van der Waals surface area contributed by atoms with Gasteiger partial charge in [0.05, 0.1) is 5.69 Å². The van der Waals surface area contributed by atoms with E-state index in [9.17, 15) is 4.79 Å². The van der Waals surface area contributed by atoms with Gasteiger partial charge in [-0.25, -0.2) is 0 Å². The SMILES string of the molecule is CC(NC(=O)c1nnc2cccccc1-2)C12CC3CC(CC(C3)C1)C2. The molecule has 25 heavy (non-hydrogen) atoms. The van der Waals surface area contributed by atoms with Crippen LogP contribution in [0.15, 0.2) is 30.3 Å². The Morgan fingerprint density at radius 2 is 1.68 bits per heavy atom. The van der Waals surface area contributed by atoms with Gasteiger partial charge in [-0.1, -0.05) is 24.3 Å². The van der Waals surface area contributed by atoms with E-state index in [4.69, 9.17) is 0 Å². The molecule has 4 saturated carbocycles. The molecule has 1 amide bonds. The quantitative estimate of drug-likeness (QED) is 0.925. The Labute approximate surface area is 148 Å². The minimum atomic E-state index is -0.0723. The summed E-state index contributed by atoms with van der Waals surface area (Å²) in [4.78, 5) is 12.9. The van der Waals surface area contributed by atoms with Crippen molar-refractivity contribution < 1.29 is 4.79 Å². The Morgan fingerprint density at radius 1 is 1.04 bits per heavy atom. The van der Waals surface area contributed by atoms with Crippen LogP contribution in [0.3, 0.4) is 0 Å². The van der Waals surface area contributed by atoms with Gasteiger partial charge in [0.25, 0.3) is 5.91 Å². The van der Waals surface area contributed by atoms with Gasteiger partial charge in [0.15, 0.2) is 5.69 Å².